The highest BCUT2D eigenvalue weighted by atomic mass is 16.2. The zero-order chi connectivity index (χ0) is 12.7. The molecular weight excluding hydrogens is 206 g/mol. The summed E-state index contributed by atoms with van der Waals surface area (Å²) in [5.41, 5.74) is 5.69. The normalized spacial score (nSPS) is 12.4. The summed E-state index contributed by atoms with van der Waals surface area (Å²) in [7, 11) is 3.38. The van der Waals surface area contributed by atoms with Crippen LogP contribution >= 0.6 is 0 Å². The van der Waals surface area contributed by atoms with Gasteiger partial charge in [-0.25, -0.2) is 0 Å². The van der Waals surface area contributed by atoms with Gasteiger partial charge >= 0.3 is 0 Å². The molecule has 0 radical (unpaired) electrons. The van der Waals surface area contributed by atoms with Gasteiger partial charge in [0.15, 0.2) is 0 Å². The molecule has 16 heavy (non-hydrogen) atoms. The molecule has 0 aliphatic heterocycles. The second kappa shape index (κ2) is 7.22. The van der Waals surface area contributed by atoms with E-state index < -0.39 is 6.04 Å². The molecule has 0 bridgehead atoms. The highest BCUT2D eigenvalue weighted by molar-refractivity contribution is 5.82. The van der Waals surface area contributed by atoms with E-state index in [4.69, 9.17) is 5.73 Å². The lowest BCUT2D eigenvalue weighted by molar-refractivity contribution is -0.128. The van der Waals surface area contributed by atoms with Crippen LogP contribution in [-0.4, -0.2) is 43.4 Å². The Hall–Kier alpha value is -1.10. The summed E-state index contributed by atoms with van der Waals surface area (Å²) in [6.45, 7) is 4.38. The predicted octanol–water partition coefficient (Wildman–Crippen LogP) is -0.0457. The molecule has 0 saturated carbocycles. The molecule has 5 nitrogen and oxygen atoms in total. The molecule has 0 aromatic carbocycles. The van der Waals surface area contributed by atoms with Crippen molar-refractivity contribution in [3.8, 4) is 0 Å². The molecule has 5 heteroatoms. The third-order valence-electron chi connectivity index (χ3n) is 2.20. The van der Waals surface area contributed by atoms with E-state index in [1.54, 1.807) is 14.1 Å². The van der Waals surface area contributed by atoms with Gasteiger partial charge in [-0.1, -0.05) is 13.8 Å². The smallest absolute Gasteiger partial charge is 0.236 e. The van der Waals surface area contributed by atoms with Gasteiger partial charge in [0.1, 0.15) is 0 Å². The molecule has 0 spiro atoms. The molecule has 0 unspecified atom stereocenters. The molecule has 0 aromatic heterocycles. The van der Waals surface area contributed by atoms with Gasteiger partial charge < -0.3 is 16.0 Å². The maximum atomic E-state index is 11.5. The fourth-order valence-electron chi connectivity index (χ4n) is 1.26. The van der Waals surface area contributed by atoms with Gasteiger partial charge in [0.25, 0.3) is 0 Å². The summed E-state index contributed by atoms with van der Waals surface area (Å²) in [4.78, 5) is 24.2. The molecule has 2 amide bonds. The van der Waals surface area contributed by atoms with E-state index >= 15 is 0 Å². The molecule has 3 N–H and O–H groups in total. The Morgan fingerprint density at radius 2 is 1.88 bits per heavy atom. The fraction of sp³-hybridized carbons (Fsp3) is 0.818. The van der Waals surface area contributed by atoms with Crippen molar-refractivity contribution >= 4 is 11.8 Å². The molecule has 0 saturated heterocycles. The van der Waals surface area contributed by atoms with Gasteiger partial charge in [-0.15, -0.1) is 0 Å². The van der Waals surface area contributed by atoms with Gasteiger partial charge in [-0.05, 0) is 12.3 Å². The lowest BCUT2D eigenvalue weighted by Crippen LogP contribution is -2.42. The number of nitrogens with one attached hydrogen (secondary N) is 1. The molecular formula is C11H23N3O2. The summed E-state index contributed by atoms with van der Waals surface area (Å²) < 4.78 is 0. The molecule has 94 valence electrons. The molecule has 0 fully saturated rings. The minimum absolute atomic E-state index is 0.00210. The van der Waals surface area contributed by atoms with E-state index in [-0.39, 0.29) is 11.8 Å². The van der Waals surface area contributed by atoms with Crippen LogP contribution in [0.15, 0.2) is 0 Å². The van der Waals surface area contributed by atoms with E-state index in [9.17, 15) is 9.59 Å². The zero-order valence-electron chi connectivity index (χ0n) is 10.6. The minimum atomic E-state index is -0.477. The lowest BCUT2D eigenvalue weighted by atomic mass is 10.0. The number of rotatable bonds is 6. The van der Waals surface area contributed by atoms with Crippen molar-refractivity contribution in [2.75, 3.05) is 20.6 Å². The number of carbonyl (C=O) groups is 2. The number of amides is 2. The van der Waals surface area contributed by atoms with Crippen LogP contribution < -0.4 is 11.1 Å². The van der Waals surface area contributed by atoms with Gasteiger partial charge in [-0.3, -0.25) is 9.59 Å². The van der Waals surface area contributed by atoms with Crippen molar-refractivity contribution in [2.45, 2.75) is 32.7 Å². The first-order chi connectivity index (χ1) is 7.34. The average Bonchev–Trinajstić information content (AvgIpc) is 2.15. The van der Waals surface area contributed by atoms with E-state index in [1.165, 1.54) is 4.90 Å². The SMILES string of the molecule is CC(C)C[C@H](N)C(=O)NCCC(=O)N(C)C. The van der Waals surface area contributed by atoms with Gasteiger partial charge in [0, 0.05) is 27.1 Å². The van der Waals surface area contributed by atoms with Gasteiger partial charge in [-0.2, -0.15) is 0 Å². The first-order valence-electron chi connectivity index (χ1n) is 5.58. The quantitative estimate of drug-likeness (QED) is 0.671. The summed E-state index contributed by atoms with van der Waals surface area (Å²) >= 11 is 0. The molecule has 0 aliphatic rings. The monoisotopic (exact) mass is 229 g/mol. The van der Waals surface area contributed by atoms with E-state index in [1.807, 2.05) is 13.8 Å². The Morgan fingerprint density at radius 3 is 2.31 bits per heavy atom. The largest absolute Gasteiger partial charge is 0.354 e. The third-order valence-corrected chi connectivity index (χ3v) is 2.20. The first-order valence-corrected chi connectivity index (χ1v) is 5.58. The summed E-state index contributed by atoms with van der Waals surface area (Å²) in [6.07, 6.45) is 0.973. The number of nitrogens with zero attached hydrogens (tertiary/aromatic N) is 1. The first kappa shape index (κ1) is 14.9. The Labute approximate surface area is 97.4 Å². The maximum Gasteiger partial charge on any atom is 0.236 e. The number of nitrogens with two attached hydrogens (primary N) is 1. The molecule has 1 atom stereocenters. The summed E-state index contributed by atoms with van der Waals surface area (Å²) in [5.74, 6) is 0.210. The van der Waals surface area contributed by atoms with Crippen molar-refractivity contribution < 1.29 is 9.59 Å². The van der Waals surface area contributed by atoms with Crippen LogP contribution in [0.25, 0.3) is 0 Å². The van der Waals surface area contributed by atoms with Crippen LogP contribution in [0, 0.1) is 5.92 Å². The highest BCUT2D eigenvalue weighted by Crippen LogP contribution is 2.02. The average molecular weight is 229 g/mol. The van der Waals surface area contributed by atoms with E-state index in [0.717, 1.165) is 0 Å². The maximum absolute atomic E-state index is 11.5. The Kier molecular flexibility index (Phi) is 6.72. The van der Waals surface area contributed by atoms with Gasteiger partial charge in [0.05, 0.1) is 6.04 Å². The van der Waals surface area contributed by atoms with Crippen LogP contribution in [0.2, 0.25) is 0 Å². The molecule has 0 heterocycles. The Balaban J connectivity index is 3.77. The standard InChI is InChI=1S/C11H23N3O2/c1-8(2)7-9(12)11(16)13-6-5-10(15)14(3)4/h8-9H,5-7,12H2,1-4H3,(H,13,16)/t9-/m0/s1. The van der Waals surface area contributed by atoms with Crippen molar-refractivity contribution in [3.63, 3.8) is 0 Å². The van der Waals surface area contributed by atoms with E-state index in [2.05, 4.69) is 5.32 Å². The number of carbonyl (C=O) groups excluding carboxylic acids is 2. The van der Waals surface area contributed by atoms with Crippen molar-refractivity contribution in [3.05, 3.63) is 0 Å². The Bertz CT molecular complexity index is 239. The van der Waals surface area contributed by atoms with Crippen LogP contribution in [0.5, 0.6) is 0 Å². The minimum Gasteiger partial charge on any atom is -0.354 e. The van der Waals surface area contributed by atoms with Crippen LogP contribution in [0.4, 0.5) is 0 Å². The molecule has 0 rings (SSSR count). The lowest BCUT2D eigenvalue weighted by Gasteiger charge is -2.15. The fourth-order valence-corrected chi connectivity index (χ4v) is 1.26. The highest BCUT2D eigenvalue weighted by Gasteiger charge is 2.14. The predicted molar refractivity (Wildman–Crippen MR) is 63.8 cm³/mol. The zero-order valence-corrected chi connectivity index (χ0v) is 10.6. The van der Waals surface area contributed by atoms with Crippen molar-refractivity contribution in [1.29, 1.82) is 0 Å². The summed E-state index contributed by atoms with van der Waals surface area (Å²) in [6, 6.07) is -0.477. The molecule has 0 aliphatic carbocycles. The van der Waals surface area contributed by atoms with Crippen LogP contribution in [0.1, 0.15) is 26.7 Å². The van der Waals surface area contributed by atoms with Crippen LogP contribution in [-0.2, 0) is 9.59 Å². The summed E-state index contributed by atoms with van der Waals surface area (Å²) in [5, 5.41) is 2.66. The Morgan fingerprint density at radius 1 is 1.31 bits per heavy atom. The van der Waals surface area contributed by atoms with Crippen molar-refractivity contribution in [1.82, 2.24) is 10.2 Å². The van der Waals surface area contributed by atoms with Crippen LogP contribution in [0.3, 0.4) is 0 Å². The van der Waals surface area contributed by atoms with Gasteiger partial charge in [0.2, 0.25) is 11.8 Å². The van der Waals surface area contributed by atoms with E-state index in [0.29, 0.717) is 25.3 Å². The third kappa shape index (κ3) is 6.40. The second-order valence-electron chi connectivity index (χ2n) is 4.57. The molecule has 0 aromatic rings. The number of hydrogen-bond donors (Lipinski definition) is 2. The second-order valence-corrected chi connectivity index (χ2v) is 4.57. The topological polar surface area (TPSA) is 75.4 Å². The van der Waals surface area contributed by atoms with Crippen molar-refractivity contribution in [2.24, 2.45) is 11.7 Å². The number of hydrogen-bond acceptors (Lipinski definition) is 3.